The van der Waals surface area contributed by atoms with Crippen molar-refractivity contribution in [3.05, 3.63) is 54.0 Å². The number of halogens is 3. The van der Waals surface area contributed by atoms with E-state index in [1.165, 1.54) is 12.1 Å². The number of benzene rings is 2. The van der Waals surface area contributed by atoms with Gasteiger partial charge in [-0.1, -0.05) is 6.07 Å². The number of anilines is 2. The molecule has 0 aliphatic carbocycles. The first-order valence-electron chi connectivity index (χ1n) is 9.98. The number of carbonyl (C=O) groups excluding carboxylic acids is 1. The van der Waals surface area contributed by atoms with E-state index in [0.717, 1.165) is 18.5 Å². The lowest BCUT2D eigenvalue weighted by molar-refractivity contribution is -0.144. The highest BCUT2D eigenvalue weighted by Crippen LogP contribution is 2.29. The number of aromatic amines is 1. The molecule has 2 aromatic heterocycles. The predicted octanol–water partition coefficient (Wildman–Crippen LogP) is 3.31. The second kappa shape index (κ2) is 7.75. The summed E-state index contributed by atoms with van der Waals surface area (Å²) in [6.45, 7) is 2.83. The molecule has 3 N–H and O–H groups in total. The molecule has 32 heavy (non-hydrogen) atoms. The molecule has 0 unspecified atom stereocenters. The second-order valence-electron chi connectivity index (χ2n) is 7.45. The van der Waals surface area contributed by atoms with E-state index in [1.807, 2.05) is 0 Å². The molecule has 11 heteroatoms. The monoisotopic (exact) mass is 441 g/mol. The van der Waals surface area contributed by atoms with Crippen LogP contribution in [0, 0.1) is 0 Å². The van der Waals surface area contributed by atoms with E-state index in [1.54, 1.807) is 35.4 Å². The van der Waals surface area contributed by atoms with Crippen LogP contribution in [0.1, 0.15) is 16.2 Å². The van der Waals surface area contributed by atoms with Crippen LogP contribution in [0.15, 0.2) is 42.6 Å². The molecule has 0 spiro atoms. The van der Waals surface area contributed by atoms with E-state index in [9.17, 15) is 18.0 Å². The number of hydrogen-bond donors (Lipinski definition) is 3. The standard InChI is InChI=1S/C21H18F3N7O/c22-21(23,24)19-28-15-4-3-14(10-17(15)29-19)27-20-26-11-13-2-1-12(9-16(13)30-20)18(32)31-7-5-25-6-8-31/h1-4,9-11,25H,5-8H2,(H,28,29)(H,26,27,30). The van der Waals surface area contributed by atoms with E-state index >= 15 is 0 Å². The average Bonchev–Trinajstić information content (AvgIpc) is 3.23. The van der Waals surface area contributed by atoms with Gasteiger partial charge in [-0.3, -0.25) is 4.79 Å². The van der Waals surface area contributed by atoms with Crippen LogP contribution in [0.2, 0.25) is 0 Å². The van der Waals surface area contributed by atoms with Gasteiger partial charge in [-0.25, -0.2) is 15.0 Å². The smallest absolute Gasteiger partial charge is 0.336 e. The van der Waals surface area contributed by atoms with Crippen LogP contribution in [0.25, 0.3) is 21.9 Å². The molecule has 1 aliphatic rings. The Morgan fingerprint density at radius 2 is 1.84 bits per heavy atom. The van der Waals surface area contributed by atoms with E-state index in [0.29, 0.717) is 29.9 Å². The van der Waals surface area contributed by atoms with Crippen LogP contribution in [0.4, 0.5) is 24.8 Å². The number of aromatic nitrogens is 4. The van der Waals surface area contributed by atoms with Crippen molar-refractivity contribution in [2.75, 3.05) is 31.5 Å². The van der Waals surface area contributed by atoms with Crippen molar-refractivity contribution < 1.29 is 18.0 Å². The van der Waals surface area contributed by atoms with E-state index in [-0.39, 0.29) is 22.9 Å². The number of rotatable bonds is 3. The molecular weight excluding hydrogens is 423 g/mol. The summed E-state index contributed by atoms with van der Waals surface area (Å²) in [4.78, 5) is 29.1. The number of nitrogens with one attached hydrogen (secondary N) is 3. The number of carbonyl (C=O) groups is 1. The van der Waals surface area contributed by atoms with Crippen LogP contribution in [0.5, 0.6) is 0 Å². The van der Waals surface area contributed by atoms with Crippen molar-refractivity contribution in [2.24, 2.45) is 0 Å². The molecule has 1 amide bonds. The lowest BCUT2D eigenvalue weighted by Crippen LogP contribution is -2.46. The summed E-state index contributed by atoms with van der Waals surface area (Å²) in [6.07, 6.45) is -2.92. The fraction of sp³-hybridized carbons (Fsp3) is 0.238. The number of piperazine rings is 1. The second-order valence-corrected chi connectivity index (χ2v) is 7.45. The van der Waals surface area contributed by atoms with Gasteiger partial charge in [-0.2, -0.15) is 13.2 Å². The van der Waals surface area contributed by atoms with Crippen molar-refractivity contribution in [1.29, 1.82) is 0 Å². The molecule has 164 valence electrons. The summed E-state index contributed by atoms with van der Waals surface area (Å²) in [7, 11) is 0. The maximum Gasteiger partial charge on any atom is 0.449 e. The maximum absolute atomic E-state index is 12.9. The zero-order chi connectivity index (χ0) is 22.3. The van der Waals surface area contributed by atoms with Crippen LogP contribution in [0.3, 0.4) is 0 Å². The van der Waals surface area contributed by atoms with Gasteiger partial charge in [0.05, 0.1) is 16.6 Å². The summed E-state index contributed by atoms with van der Waals surface area (Å²) < 4.78 is 38.6. The molecule has 1 aliphatic heterocycles. The first-order valence-corrected chi connectivity index (χ1v) is 9.98. The average molecular weight is 441 g/mol. The summed E-state index contributed by atoms with van der Waals surface area (Å²) >= 11 is 0. The summed E-state index contributed by atoms with van der Waals surface area (Å²) in [5, 5.41) is 6.98. The highest BCUT2D eigenvalue weighted by Gasteiger charge is 2.34. The van der Waals surface area contributed by atoms with Gasteiger partial charge < -0.3 is 20.5 Å². The molecule has 8 nitrogen and oxygen atoms in total. The Morgan fingerprint density at radius 1 is 1.03 bits per heavy atom. The first kappa shape index (κ1) is 20.2. The number of alkyl halides is 3. The number of H-pyrrole nitrogens is 1. The van der Waals surface area contributed by atoms with E-state index < -0.39 is 12.0 Å². The molecule has 1 saturated heterocycles. The van der Waals surface area contributed by atoms with E-state index in [2.05, 4.69) is 30.6 Å². The molecule has 0 radical (unpaired) electrons. The molecule has 0 saturated carbocycles. The van der Waals surface area contributed by atoms with Crippen LogP contribution in [-0.4, -0.2) is 56.9 Å². The Hall–Kier alpha value is -3.73. The zero-order valence-corrected chi connectivity index (χ0v) is 16.7. The Balaban J connectivity index is 1.41. The van der Waals surface area contributed by atoms with Gasteiger partial charge in [0.2, 0.25) is 11.8 Å². The maximum atomic E-state index is 12.9. The van der Waals surface area contributed by atoms with Crippen molar-refractivity contribution in [1.82, 2.24) is 30.2 Å². The topological polar surface area (TPSA) is 98.8 Å². The van der Waals surface area contributed by atoms with Gasteiger partial charge in [0, 0.05) is 49.0 Å². The Bertz CT molecular complexity index is 1310. The molecule has 1 fully saturated rings. The summed E-state index contributed by atoms with van der Waals surface area (Å²) in [5.41, 5.74) is 2.08. The zero-order valence-electron chi connectivity index (χ0n) is 16.7. The highest BCUT2D eigenvalue weighted by atomic mass is 19.4. The number of fused-ring (bicyclic) bond motifs is 2. The number of nitrogens with zero attached hydrogens (tertiary/aromatic N) is 4. The van der Waals surface area contributed by atoms with Crippen LogP contribution < -0.4 is 10.6 Å². The normalized spacial score (nSPS) is 14.8. The molecule has 4 aromatic rings. The van der Waals surface area contributed by atoms with Crippen LogP contribution in [-0.2, 0) is 6.18 Å². The number of amides is 1. The molecule has 5 rings (SSSR count). The fourth-order valence-corrected chi connectivity index (χ4v) is 3.62. The van der Waals surface area contributed by atoms with Gasteiger partial charge in [-0.05, 0) is 30.3 Å². The number of imidazole rings is 1. The van der Waals surface area contributed by atoms with Crippen molar-refractivity contribution in [3.8, 4) is 0 Å². The minimum absolute atomic E-state index is 0.0494. The third-order valence-corrected chi connectivity index (χ3v) is 5.24. The summed E-state index contributed by atoms with van der Waals surface area (Å²) in [5.74, 6) is -0.834. The Kier molecular flexibility index (Phi) is 4.89. The fourth-order valence-electron chi connectivity index (χ4n) is 3.62. The van der Waals surface area contributed by atoms with Crippen LogP contribution >= 0.6 is 0 Å². The third-order valence-electron chi connectivity index (χ3n) is 5.24. The van der Waals surface area contributed by atoms with Gasteiger partial charge >= 0.3 is 6.18 Å². The van der Waals surface area contributed by atoms with Gasteiger partial charge in [0.25, 0.3) is 5.91 Å². The van der Waals surface area contributed by atoms with Crippen molar-refractivity contribution in [2.45, 2.75) is 6.18 Å². The summed E-state index contributed by atoms with van der Waals surface area (Å²) in [6, 6.07) is 9.86. The third kappa shape index (κ3) is 3.94. The lowest BCUT2D eigenvalue weighted by atomic mass is 10.1. The SMILES string of the molecule is O=C(c1ccc2cnc(Nc3ccc4nc(C(F)(F)F)[nH]c4c3)nc2c1)N1CCNCC1. The first-order chi connectivity index (χ1) is 15.4. The molecule has 3 heterocycles. The minimum Gasteiger partial charge on any atom is -0.336 e. The van der Waals surface area contributed by atoms with Gasteiger partial charge in [0.15, 0.2) is 0 Å². The molecular formula is C21H18F3N7O. The molecule has 0 bridgehead atoms. The molecule has 0 atom stereocenters. The quantitative estimate of drug-likeness (QED) is 0.451. The van der Waals surface area contributed by atoms with Gasteiger partial charge in [-0.15, -0.1) is 0 Å². The minimum atomic E-state index is -4.55. The van der Waals surface area contributed by atoms with Gasteiger partial charge in [0.1, 0.15) is 0 Å². The van der Waals surface area contributed by atoms with Crippen molar-refractivity contribution >= 4 is 39.5 Å². The Labute approximate surface area is 179 Å². The predicted molar refractivity (Wildman–Crippen MR) is 113 cm³/mol. The Morgan fingerprint density at radius 3 is 2.62 bits per heavy atom. The van der Waals surface area contributed by atoms with E-state index in [4.69, 9.17) is 0 Å². The molecule has 2 aromatic carbocycles. The lowest BCUT2D eigenvalue weighted by Gasteiger charge is -2.27. The number of hydrogen-bond acceptors (Lipinski definition) is 6. The highest BCUT2D eigenvalue weighted by molar-refractivity contribution is 5.98. The largest absolute Gasteiger partial charge is 0.449 e. The van der Waals surface area contributed by atoms with Crippen molar-refractivity contribution in [3.63, 3.8) is 0 Å².